The fourth-order valence-corrected chi connectivity index (χ4v) is 8.29. The first kappa shape index (κ1) is 37.1. The standard InChI is InChI=1S/C38H54F2N10O3/c1-38(2,3)53-37(52)47-19-17-46(18-20-47)16-15-45-12-8-28(9-13-45)50-32-10-14-48(36(51)41-4)25-31(32)35(43-50)49-11-6-7-26-21-29(27-23-42-44(5)24-27)30(34(39)40)22-33(26)49/h21-24,28,34H,6-20,25H2,1-5H3,(H,41,51). The summed E-state index contributed by atoms with van der Waals surface area (Å²) in [5.41, 5.74) is 4.63. The molecule has 4 aliphatic heterocycles. The van der Waals surface area contributed by atoms with Crippen LogP contribution in [0.5, 0.6) is 0 Å². The number of rotatable bonds is 7. The Kier molecular flexibility index (Phi) is 10.7. The van der Waals surface area contributed by atoms with Crippen LogP contribution in [0.15, 0.2) is 24.5 Å². The van der Waals surface area contributed by atoms with Crippen LogP contribution in [0.4, 0.5) is 29.9 Å². The number of fused-ring (bicyclic) bond motifs is 2. The lowest BCUT2D eigenvalue weighted by atomic mass is 9.92. The zero-order valence-electron chi connectivity index (χ0n) is 31.8. The molecule has 3 amide bonds. The SMILES string of the molecule is CNC(=O)N1CCc2c(c(N3CCCc4cc(-c5cnn(C)c5)c(C(F)F)cc43)nn2C2CCN(CCN3CCN(C(=O)OC(C)(C)C)CC3)CC2)C1. The molecule has 4 aliphatic rings. The van der Waals surface area contributed by atoms with Crippen LogP contribution in [-0.4, -0.2) is 129 Å². The zero-order chi connectivity index (χ0) is 37.4. The van der Waals surface area contributed by atoms with E-state index in [1.807, 2.05) is 31.7 Å². The number of piperazine rings is 1. The normalized spacial score (nSPS) is 19.1. The minimum atomic E-state index is -2.65. The quantitative estimate of drug-likeness (QED) is 0.354. The highest BCUT2D eigenvalue weighted by Gasteiger charge is 2.35. The second kappa shape index (κ2) is 15.2. The van der Waals surface area contributed by atoms with Crippen molar-refractivity contribution in [3.63, 3.8) is 0 Å². The number of hydrogen-bond acceptors (Lipinski definition) is 8. The van der Waals surface area contributed by atoms with Gasteiger partial charge in [0.1, 0.15) is 5.60 Å². The molecule has 0 radical (unpaired) electrons. The van der Waals surface area contributed by atoms with Gasteiger partial charge in [0, 0.05) is 120 Å². The number of hydrogen-bond donors (Lipinski definition) is 1. The lowest BCUT2D eigenvalue weighted by Gasteiger charge is -2.38. The van der Waals surface area contributed by atoms with Gasteiger partial charge in [-0.25, -0.2) is 18.4 Å². The van der Waals surface area contributed by atoms with E-state index >= 15 is 0 Å². The summed E-state index contributed by atoms with van der Waals surface area (Å²) in [6.07, 6.45) is 4.79. The summed E-state index contributed by atoms with van der Waals surface area (Å²) in [7, 11) is 3.43. The van der Waals surface area contributed by atoms with Crippen molar-refractivity contribution in [3.05, 3.63) is 46.9 Å². The van der Waals surface area contributed by atoms with Crippen molar-refractivity contribution in [2.24, 2.45) is 7.05 Å². The Labute approximate surface area is 310 Å². The molecular weight excluding hydrogens is 682 g/mol. The van der Waals surface area contributed by atoms with Crippen molar-refractivity contribution >= 4 is 23.6 Å². The molecule has 15 heteroatoms. The maximum absolute atomic E-state index is 14.7. The number of carbonyl (C=O) groups is 2. The van der Waals surface area contributed by atoms with Crippen molar-refractivity contribution in [3.8, 4) is 11.1 Å². The van der Waals surface area contributed by atoms with E-state index in [0.717, 1.165) is 93.3 Å². The van der Waals surface area contributed by atoms with Crippen LogP contribution >= 0.6 is 0 Å². The number of nitrogens with zero attached hydrogens (tertiary/aromatic N) is 9. The van der Waals surface area contributed by atoms with E-state index in [0.29, 0.717) is 50.3 Å². The minimum Gasteiger partial charge on any atom is -0.444 e. The number of benzene rings is 1. The fourth-order valence-electron chi connectivity index (χ4n) is 8.29. The molecule has 0 spiro atoms. The second-order valence-corrected chi connectivity index (χ2v) is 15.8. The number of amides is 3. The number of piperidine rings is 1. The molecular formula is C38H54F2N10O3. The van der Waals surface area contributed by atoms with Gasteiger partial charge in [-0.3, -0.25) is 14.3 Å². The molecule has 1 N–H and O–H groups in total. The molecule has 0 bridgehead atoms. The van der Waals surface area contributed by atoms with Gasteiger partial charge in [0.15, 0.2) is 5.82 Å². The van der Waals surface area contributed by atoms with E-state index in [-0.39, 0.29) is 23.7 Å². The first-order valence-corrected chi connectivity index (χ1v) is 19.1. The third-order valence-corrected chi connectivity index (χ3v) is 11.1. The smallest absolute Gasteiger partial charge is 0.410 e. The average Bonchev–Trinajstić information content (AvgIpc) is 3.76. The Morgan fingerprint density at radius 3 is 2.32 bits per heavy atom. The molecule has 2 saturated heterocycles. The van der Waals surface area contributed by atoms with Gasteiger partial charge in [0.05, 0.1) is 18.8 Å². The number of aryl methyl sites for hydroxylation is 2. The monoisotopic (exact) mass is 736 g/mol. The number of ether oxygens (including phenoxy) is 1. The zero-order valence-corrected chi connectivity index (χ0v) is 31.8. The predicted molar refractivity (Wildman–Crippen MR) is 199 cm³/mol. The Bertz CT molecular complexity index is 1790. The first-order valence-electron chi connectivity index (χ1n) is 19.1. The van der Waals surface area contributed by atoms with Crippen LogP contribution in [0.1, 0.15) is 74.9 Å². The van der Waals surface area contributed by atoms with Crippen LogP contribution in [0.3, 0.4) is 0 Å². The molecule has 0 aliphatic carbocycles. The van der Waals surface area contributed by atoms with Gasteiger partial charge in [-0.05, 0) is 69.7 Å². The van der Waals surface area contributed by atoms with E-state index in [4.69, 9.17) is 9.84 Å². The molecule has 6 heterocycles. The molecule has 0 saturated carbocycles. The number of alkyl halides is 2. The molecule has 13 nitrogen and oxygen atoms in total. The summed E-state index contributed by atoms with van der Waals surface area (Å²) in [4.78, 5) is 36.0. The van der Waals surface area contributed by atoms with E-state index < -0.39 is 12.0 Å². The number of nitrogens with one attached hydrogen (secondary N) is 1. The molecule has 7 rings (SSSR count). The number of urea groups is 1. The Morgan fingerprint density at radius 2 is 1.68 bits per heavy atom. The van der Waals surface area contributed by atoms with Crippen LogP contribution < -0.4 is 10.2 Å². The third kappa shape index (κ3) is 8.01. The number of anilines is 2. The molecule has 2 fully saturated rings. The lowest BCUT2D eigenvalue weighted by molar-refractivity contribution is 0.0135. The van der Waals surface area contributed by atoms with Gasteiger partial charge in [0.2, 0.25) is 0 Å². The van der Waals surface area contributed by atoms with Gasteiger partial charge in [0.25, 0.3) is 6.43 Å². The second-order valence-electron chi connectivity index (χ2n) is 15.8. The molecule has 1 aromatic carbocycles. The fraction of sp³-hybridized carbons (Fsp3) is 0.632. The first-order chi connectivity index (χ1) is 25.4. The van der Waals surface area contributed by atoms with Crippen LogP contribution in [0.2, 0.25) is 0 Å². The maximum Gasteiger partial charge on any atom is 0.410 e. The van der Waals surface area contributed by atoms with Gasteiger partial charge in [-0.2, -0.15) is 10.2 Å². The highest BCUT2D eigenvalue weighted by molar-refractivity contribution is 5.78. The number of likely N-dealkylation sites (tertiary alicyclic amines) is 1. The Morgan fingerprint density at radius 1 is 0.962 bits per heavy atom. The van der Waals surface area contributed by atoms with E-state index in [1.54, 1.807) is 42.1 Å². The van der Waals surface area contributed by atoms with Crippen molar-refractivity contribution in [1.82, 2.24) is 44.5 Å². The van der Waals surface area contributed by atoms with Crippen LogP contribution in [-0.2, 0) is 31.2 Å². The van der Waals surface area contributed by atoms with Crippen molar-refractivity contribution < 1.29 is 23.1 Å². The Hall–Kier alpha value is -4.24. The summed E-state index contributed by atoms with van der Waals surface area (Å²) in [5.74, 6) is 0.775. The van der Waals surface area contributed by atoms with Crippen LogP contribution in [0, 0.1) is 0 Å². The van der Waals surface area contributed by atoms with Crippen molar-refractivity contribution in [2.75, 3.05) is 77.4 Å². The van der Waals surface area contributed by atoms with E-state index in [2.05, 4.69) is 29.8 Å². The predicted octanol–water partition coefficient (Wildman–Crippen LogP) is 5.19. The average molecular weight is 737 g/mol. The van der Waals surface area contributed by atoms with Crippen LogP contribution in [0.25, 0.3) is 11.1 Å². The molecule has 53 heavy (non-hydrogen) atoms. The Balaban J connectivity index is 1.07. The summed E-state index contributed by atoms with van der Waals surface area (Å²) in [6, 6.07) is 3.65. The number of carbonyl (C=O) groups excluding carboxylic acids is 2. The molecule has 3 aromatic rings. The van der Waals surface area contributed by atoms with Gasteiger partial charge in [-0.15, -0.1) is 0 Å². The molecule has 2 aromatic heterocycles. The van der Waals surface area contributed by atoms with Gasteiger partial charge >= 0.3 is 12.1 Å². The van der Waals surface area contributed by atoms with Crippen molar-refractivity contribution in [2.45, 2.75) is 77.5 Å². The molecule has 0 atom stereocenters. The summed E-state index contributed by atoms with van der Waals surface area (Å²) in [6.45, 7) is 14.3. The van der Waals surface area contributed by atoms with Gasteiger partial charge in [-0.1, -0.05) is 0 Å². The number of halogens is 2. The van der Waals surface area contributed by atoms with E-state index in [9.17, 15) is 18.4 Å². The highest BCUT2D eigenvalue weighted by Crippen LogP contribution is 2.43. The largest absolute Gasteiger partial charge is 0.444 e. The maximum atomic E-state index is 14.7. The summed E-state index contributed by atoms with van der Waals surface area (Å²) >= 11 is 0. The topological polar surface area (TPSA) is 107 Å². The number of aromatic nitrogens is 4. The van der Waals surface area contributed by atoms with Crippen molar-refractivity contribution in [1.29, 1.82) is 0 Å². The molecule has 0 unspecified atom stereocenters. The minimum absolute atomic E-state index is 0.0128. The van der Waals surface area contributed by atoms with Gasteiger partial charge < -0.3 is 29.7 Å². The summed E-state index contributed by atoms with van der Waals surface area (Å²) < 4.78 is 38.7. The third-order valence-electron chi connectivity index (χ3n) is 11.1. The van der Waals surface area contributed by atoms with E-state index in [1.165, 1.54) is 0 Å². The molecule has 288 valence electrons. The highest BCUT2D eigenvalue weighted by atomic mass is 19.3. The summed E-state index contributed by atoms with van der Waals surface area (Å²) in [5, 5.41) is 12.3. The lowest BCUT2D eigenvalue weighted by Crippen LogP contribution is -2.51.